The van der Waals surface area contributed by atoms with Crippen molar-refractivity contribution in [2.24, 2.45) is 5.92 Å². The van der Waals surface area contributed by atoms with Crippen LogP contribution in [0.3, 0.4) is 0 Å². The molecule has 1 amide bonds. The van der Waals surface area contributed by atoms with Gasteiger partial charge in [0.25, 0.3) is 5.91 Å². The molecule has 1 aromatic carbocycles. The van der Waals surface area contributed by atoms with Crippen molar-refractivity contribution in [1.29, 1.82) is 0 Å². The molecule has 0 bridgehead atoms. The van der Waals surface area contributed by atoms with E-state index in [1.54, 1.807) is 0 Å². The van der Waals surface area contributed by atoms with Gasteiger partial charge in [-0.05, 0) is 36.6 Å². The molecular formula is C16H24N2O6S. The van der Waals surface area contributed by atoms with Gasteiger partial charge < -0.3 is 14.8 Å². The molecule has 0 aromatic heterocycles. The van der Waals surface area contributed by atoms with Crippen molar-refractivity contribution < 1.29 is 27.5 Å². The van der Waals surface area contributed by atoms with Gasteiger partial charge in [-0.15, -0.1) is 0 Å². The molecule has 9 heteroatoms. The van der Waals surface area contributed by atoms with Crippen molar-refractivity contribution in [2.75, 3.05) is 20.8 Å². The molecule has 1 aromatic rings. The molecule has 0 aliphatic rings. The molecule has 0 heterocycles. The third-order valence-corrected chi connectivity index (χ3v) is 4.77. The summed E-state index contributed by atoms with van der Waals surface area (Å²) in [4.78, 5) is 23.3. The Kier molecular flexibility index (Phi) is 7.85. The number of methoxy groups -OCH3 is 1. The second-order valence-corrected chi connectivity index (χ2v) is 7.47. The average Bonchev–Trinajstić information content (AvgIpc) is 2.58. The molecule has 0 saturated carbocycles. The molecule has 1 atom stereocenters. The predicted octanol–water partition coefficient (Wildman–Crippen LogP) is 0.677. The summed E-state index contributed by atoms with van der Waals surface area (Å²) in [6, 6.07) is 4.69. The van der Waals surface area contributed by atoms with E-state index < -0.39 is 34.5 Å². The summed E-state index contributed by atoms with van der Waals surface area (Å²) in [7, 11) is -1.04. The molecular weight excluding hydrogens is 348 g/mol. The summed E-state index contributed by atoms with van der Waals surface area (Å²) in [6.07, 6.45) is 0.238. The molecule has 8 nitrogen and oxygen atoms in total. The lowest BCUT2D eigenvalue weighted by Crippen LogP contribution is -2.43. The average molecular weight is 372 g/mol. The summed E-state index contributed by atoms with van der Waals surface area (Å²) in [5.74, 6) is -0.720. The molecule has 0 spiro atoms. The van der Waals surface area contributed by atoms with E-state index in [1.807, 2.05) is 13.8 Å². The van der Waals surface area contributed by atoms with Crippen molar-refractivity contribution in [2.45, 2.75) is 31.2 Å². The number of benzene rings is 1. The minimum Gasteiger partial charge on any atom is -0.497 e. The van der Waals surface area contributed by atoms with E-state index in [4.69, 9.17) is 9.47 Å². The first-order chi connectivity index (χ1) is 11.7. The number of carbonyl (C=O) groups is 2. The van der Waals surface area contributed by atoms with Crippen LogP contribution in [0.25, 0.3) is 0 Å². The van der Waals surface area contributed by atoms with Crippen LogP contribution in [-0.4, -0.2) is 47.1 Å². The predicted molar refractivity (Wildman–Crippen MR) is 91.6 cm³/mol. The highest BCUT2D eigenvalue weighted by Crippen LogP contribution is 2.17. The number of amides is 1. The van der Waals surface area contributed by atoms with E-state index in [1.165, 1.54) is 38.4 Å². The molecule has 0 radical (unpaired) electrons. The Labute approximate surface area is 147 Å². The van der Waals surface area contributed by atoms with E-state index in [-0.39, 0.29) is 17.2 Å². The van der Waals surface area contributed by atoms with E-state index in [0.29, 0.717) is 5.75 Å². The Morgan fingerprint density at radius 1 is 1.16 bits per heavy atom. The van der Waals surface area contributed by atoms with Crippen molar-refractivity contribution in [3.8, 4) is 5.75 Å². The lowest BCUT2D eigenvalue weighted by molar-refractivity contribution is -0.150. The Balaban J connectivity index is 2.91. The van der Waals surface area contributed by atoms with Crippen LogP contribution in [0.2, 0.25) is 0 Å². The fourth-order valence-electron chi connectivity index (χ4n) is 1.98. The monoisotopic (exact) mass is 372 g/mol. The highest BCUT2D eigenvalue weighted by atomic mass is 32.2. The molecule has 0 saturated heterocycles. The molecule has 1 rings (SSSR count). The van der Waals surface area contributed by atoms with Gasteiger partial charge in [-0.2, -0.15) is 4.72 Å². The lowest BCUT2D eigenvalue weighted by Gasteiger charge is -2.19. The van der Waals surface area contributed by atoms with Gasteiger partial charge >= 0.3 is 5.97 Å². The van der Waals surface area contributed by atoms with Crippen LogP contribution in [0, 0.1) is 5.92 Å². The molecule has 140 valence electrons. The van der Waals surface area contributed by atoms with E-state index >= 15 is 0 Å². The Hall–Kier alpha value is -2.13. The van der Waals surface area contributed by atoms with Gasteiger partial charge in [0, 0.05) is 7.05 Å². The van der Waals surface area contributed by atoms with Crippen LogP contribution in [0.1, 0.15) is 20.3 Å². The largest absolute Gasteiger partial charge is 0.497 e. The van der Waals surface area contributed by atoms with Gasteiger partial charge in [0.15, 0.2) is 6.61 Å². The maximum absolute atomic E-state index is 12.5. The Morgan fingerprint density at radius 2 is 1.76 bits per heavy atom. The molecule has 0 aliphatic heterocycles. The third-order valence-electron chi connectivity index (χ3n) is 3.28. The third kappa shape index (κ3) is 6.71. The van der Waals surface area contributed by atoms with Crippen molar-refractivity contribution >= 4 is 21.9 Å². The zero-order chi connectivity index (χ0) is 19.0. The Bertz CT molecular complexity index is 685. The van der Waals surface area contributed by atoms with Crippen LogP contribution >= 0.6 is 0 Å². The number of hydrogen-bond donors (Lipinski definition) is 2. The van der Waals surface area contributed by atoms with Gasteiger partial charge in [0.2, 0.25) is 10.0 Å². The van der Waals surface area contributed by atoms with Crippen LogP contribution in [0.15, 0.2) is 29.2 Å². The van der Waals surface area contributed by atoms with Crippen molar-refractivity contribution in [1.82, 2.24) is 10.0 Å². The van der Waals surface area contributed by atoms with Gasteiger partial charge in [-0.1, -0.05) is 13.8 Å². The summed E-state index contributed by atoms with van der Waals surface area (Å²) in [6.45, 7) is 3.23. The quantitative estimate of drug-likeness (QED) is 0.617. The zero-order valence-corrected chi connectivity index (χ0v) is 15.6. The number of rotatable bonds is 9. The number of esters is 1. The van der Waals surface area contributed by atoms with Gasteiger partial charge in [0.1, 0.15) is 11.8 Å². The van der Waals surface area contributed by atoms with Crippen molar-refractivity contribution in [3.05, 3.63) is 24.3 Å². The first-order valence-corrected chi connectivity index (χ1v) is 9.21. The second-order valence-electron chi connectivity index (χ2n) is 5.76. The fourth-order valence-corrected chi connectivity index (χ4v) is 3.18. The maximum atomic E-state index is 12.5. The Morgan fingerprint density at radius 3 is 2.24 bits per heavy atom. The molecule has 0 fully saturated rings. The number of ether oxygens (including phenoxy) is 2. The number of sulfonamides is 1. The first-order valence-electron chi connectivity index (χ1n) is 7.73. The SMILES string of the molecule is CNC(=O)COC(=O)[C@@H](CC(C)C)NS(=O)(=O)c1ccc(OC)cc1. The summed E-state index contributed by atoms with van der Waals surface area (Å²) < 4.78 is 37.2. The summed E-state index contributed by atoms with van der Waals surface area (Å²) in [5, 5.41) is 2.32. The summed E-state index contributed by atoms with van der Waals surface area (Å²) in [5.41, 5.74) is 0. The fraction of sp³-hybridized carbons (Fsp3) is 0.500. The van der Waals surface area contributed by atoms with E-state index in [9.17, 15) is 18.0 Å². The maximum Gasteiger partial charge on any atom is 0.324 e. The summed E-state index contributed by atoms with van der Waals surface area (Å²) >= 11 is 0. The van der Waals surface area contributed by atoms with Crippen LogP contribution in [0.4, 0.5) is 0 Å². The highest BCUT2D eigenvalue weighted by molar-refractivity contribution is 7.89. The van der Waals surface area contributed by atoms with Gasteiger partial charge in [0.05, 0.1) is 12.0 Å². The number of likely N-dealkylation sites (N-methyl/N-ethyl adjacent to an activating group) is 1. The number of nitrogens with one attached hydrogen (secondary N) is 2. The molecule has 0 unspecified atom stereocenters. The molecule has 25 heavy (non-hydrogen) atoms. The highest BCUT2D eigenvalue weighted by Gasteiger charge is 2.28. The number of hydrogen-bond acceptors (Lipinski definition) is 6. The lowest BCUT2D eigenvalue weighted by atomic mass is 10.1. The normalized spacial score (nSPS) is 12.5. The topological polar surface area (TPSA) is 111 Å². The van der Waals surface area contributed by atoms with Crippen molar-refractivity contribution in [3.63, 3.8) is 0 Å². The first kappa shape index (κ1) is 20.9. The van der Waals surface area contributed by atoms with Crippen LogP contribution in [0.5, 0.6) is 5.75 Å². The smallest absolute Gasteiger partial charge is 0.324 e. The van der Waals surface area contributed by atoms with Gasteiger partial charge in [-0.3, -0.25) is 9.59 Å². The minimum atomic E-state index is -3.93. The minimum absolute atomic E-state index is 0.00107. The molecule has 0 aliphatic carbocycles. The van der Waals surface area contributed by atoms with E-state index in [0.717, 1.165) is 0 Å². The van der Waals surface area contributed by atoms with E-state index in [2.05, 4.69) is 10.0 Å². The standard InChI is InChI=1S/C16H24N2O6S/c1-11(2)9-14(16(20)24-10-15(19)17-3)18-25(21,22)13-7-5-12(23-4)6-8-13/h5-8,11,14,18H,9-10H2,1-4H3,(H,17,19)/t14-/m1/s1. The number of carbonyl (C=O) groups excluding carboxylic acids is 2. The van der Waals surface area contributed by atoms with Gasteiger partial charge in [-0.25, -0.2) is 8.42 Å². The zero-order valence-electron chi connectivity index (χ0n) is 14.7. The molecule has 2 N–H and O–H groups in total. The second kappa shape index (κ2) is 9.38. The van der Waals surface area contributed by atoms with Crippen LogP contribution in [-0.2, 0) is 24.3 Å². The van der Waals surface area contributed by atoms with Crippen LogP contribution < -0.4 is 14.8 Å².